The van der Waals surface area contributed by atoms with Crippen molar-refractivity contribution in [2.24, 2.45) is 11.8 Å². The Balaban J connectivity index is 2.54. The van der Waals surface area contributed by atoms with Crippen LogP contribution >= 0.6 is 22.7 Å². The molecule has 2 unspecified atom stereocenters. The minimum absolute atomic E-state index is 0.118. The van der Waals surface area contributed by atoms with E-state index in [-0.39, 0.29) is 12.0 Å². The second kappa shape index (κ2) is 19.6. The third-order valence-corrected chi connectivity index (χ3v) is 9.49. The zero-order valence-electron chi connectivity index (χ0n) is 30.2. The third-order valence-electron chi connectivity index (χ3n) is 7.38. The highest BCUT2D eigenvalue weighted by Gasteiger charge is 2.31. The fourth-order valence-electron chi connectivity index (χ4n) is 5.12. The molecule has 0 spiro atoms. The Hall–Kier alpha value is -3.12. The lowest BCUT2D eigenvalue weighted by Crippen LogP contribution is -2.39. The molecule has 0 bridgehead atoms. The van der Waals surface area contributed by atoms with Crippen LogP contribution in [0.15, 0.2) is 10.8 Å². The van der Waals surface area contributed by atoms with E-state index in [2.05, 4.69) is 50.4 Å². The third kappa shape index (κ3) is 14.3. The van der Waals surface area contributed by atoms with Gasteiger partial charge in [0, 0.05) is 29.8 Å². The summed E-state index contributed by atoms with van der Waals surface area (Å²) >= 11 is 3.07. The number of anilines is 2. The van der Waals surface area contributed by atoms with Crippen molar-refractivity contribution in [2.45, 2.75) is 138 Å². The van der Waals surface area contributed by atoms with E-state index < -0.39 is 17.3 Å². The van der Waals surface area contributed by atoms with Crippen molar-refractivity contribution < 1.29 is 19.1 Å². The SMILES string of the molecule is C#CC#CC#CC(CCCCCC)CN(C(=O)OC(C)(C)C)c1csc2c(N(CC(C)CCCCCC)C(=O)OC(C)(C)C)csc12. The maximum Gasteiger partial charge on any atom is 0.414 e. The van der Waals surface area contributed by atoms with Crippen LogP contribution in [-0.4, -0.2) is 36.5 Å². The van der Waals surface area contributed by atoms with Crippen LogP contribution in [0.2, 0.25) is 0 Å². The van der Waals surface area contributed by atoms with Crippen LogP contribution in [-0.2, 0) is 9.47 Å². The summed E-state index contributed by atoms with van der Waals surface area (Å²) < 4.78 is 13.7. The van der Waals surface area contributed by atoms with Gasteiger partial charge in [-0.1, -0.05) is 78.1 Å². The van der Waals surface area contributed by atoms with Gasteiger partial charge in [0.2, 0.25) is 0 Å². The van der Waals surface area contributed by atoms with Crippen molar-refractivity contribution in [3.8, 4) is 36.0 Å². The van der Waals surface area contributed by atoms with Gasteiger partial charge in [-0.25, -0.2) is 9.59 Å². The first-order valence-corrected chi connectivity index (χ1v) is 18.9. The number of rotatable bonds is 16. The monoisotopic (exact) mass is 680 g/mol. The molecule has 0 aliphatic carbocycles. The van der Waals surface area contributed by atoms with Gasteiger partial charge in [-0.05, 0) is 84.0 Å². The Kier molecular flexibility index (Phi) is 16.7. The van der Waals surface area contributed by atoms with Crippen LogP contribution < -0.4 is 9.80 Å². The van der Waals surface area contributed by atoms with Crippen LogP contribution in [0, 0.1) is 47.9 Å². The lowest BCUT2D eigenvalue weighted by molar-refractivity contribution is 0.0565. The number of fused-ring (bicyclic) bond motifs is 1. The van der Waals surface area contributed by atoms with E-state index >= 15 is 0 Å². The molecule has 6 nitrogen and oxygen atoms in total. The normalized spacial score (nSPS) is 12.6. The average Bonchev–Trinajstić information content (AvgIpc) is 3.57. The molecular formula is C39H56N2O4S2. The van der Waals surface area contributed by atoms with E-state index in [9.17, 15) is 9.59 Å². The molecule has 0 fully saturated rings. The molecule has 0 N–H and O–H groups in total. The lowest BCUT2D eigenvalue weighted by Gasteiger charge is -2.29. The maximum atomic E-state index is 13.8. The van der Waals surface area contributed by atoms with Gasteiger partial charge < -0.3 is 9.47 Å². The van der Waals surface area contributed by atoms with Crippen molar-refractivity contribution in [1.82, 2.24) is 0 Å². The van der Waals surface area contributed by atoms with E-state index in [1.807, 2.05) is 52.3 Å². The predicted octanol–water partition coefficient (Wildman–Crippen LogP) is 11.3. The molecule has 0 saturated heterocycles. The van der Waals surface area contributed by atoms with Crippen LogP contribution in [0.5, 0.6) is 0 Å². The Morgan fingerprint density at radius 1 is 0.745 bits per heavy atom. The van der Waals surface area contributed by atoms with E-state index in [1.165, 1.54) is 41.9 Å². The molecule has 47 heavy (non-hydrogen) atoms. The highest BCUT2D eigenvalue weighted by atomic mass is 32.1. The molecule has 0 aromatic carbocycles. The molecule has 0 aliphatic rings. The molecule has 2 rings (SSSR count). The first kappa shape index (κ1) is 40.1. The predicted molar refractivity (Wildman–Crippen MR) is 201 cm³/mol. The summed E-state index contributed by atoms with van der Waals surface area (Å²) in [6, 6.07) is 0. The van der Waals surface area contributed by atoms with E-state index in [4.69, 9.17) is 15.9 Å². The molecule has 8 heteroatoms. The van der Waals surface area contributed by atoms with Gasteiger partial charge in [-0.15, -0.1) is 29.1 Å². The molecule has 0 radical (unpaired) electrons. The summed E-state index contributed by atoms with van der Waals surface area (Å²) in [5.74, 6) is 13.9. The minimum atomic E-state index is -0.674. The van der Waals surface area contributed by atoms with Gasteiger partial charge in [0.1, 0.15) is 11.2 Å². The lowest BCUT2D eigenvalue weighted by atomic mass is 10.0. The van der Waals surface area contributed by atoms with Gasteiger partial charge in [0.05, 0.1) is 20.8 Å². The van der Waals surface area contributed by atoms with Gasteiger partial charge in [0.15, 0.2) is 0 Å². The number of carbonyl (C=O) groups excluding carboxylic acids is 2. The Bertz CT molecular complexity index is 1450. The molecule has 0 aliphatic heterocycles. The van der Waals surface area contributed by atoms with Crippen LogP contribution in [0.25, 0.3) is 9.40 Å². The fraction of sp³-hybridized carbons (Fsp3) is 0.641. The molecule has 2 amide bonds. The number of hydrogen-bond donors (Lipinski definition) is 0. The summed E-state index contributed by atoms with van der Waals surface area (Å²) in [6.45, 7) is 18.8. The first-order valence-electron chi connectivity index (χ1n) is 17.2. The van der Waals surface area contributed by atoms with Gasteiger partial charge in [-0.2, -0.15) is 0 Å². The number of carbonyl (C=O) groups is 2. The number of nitrogens with zero attached hydrogens (tertiary/aromatic N) is 2. The smallest absolute Gasteiger partial charge is 0.414 e. The minimum Gasteiger partial charge on any atom is -0.443 e. The van der Waals surface area contributed by atoms with Crippen LogP contribution in [0.4, 0.5) is 21.0 Å². The molecule has 258 valence electrons. The number of terminal acetylenes is 1. The summed E-state index contributed by atoms with van der Waals surface area (Å²) in [7, 11) is 0. The number of ether oxygens (including phenoxy) is 2. The van der Waals surface area contributed by atoms with Crippen LogP contribution in [0.1, 0.15) is 127 Å². The summed E-state index contributed by atoms with van der Waals surface area (Å²) in [4.78, 5) is 31.0. The highest BCUT2D eigenvalue weighted by Crippen LogP contribution is 2.45. The van der Waals surface area contributed by atoms with Gasteiger partial charge in [-0.3, -0.25) is 9.80 Å². The highest BCUT2D eigenvalue weighted by molar-refractivity contribution is 7.28. The zero-order valence-corrected chi connectivity index (χ0v) is 31.8. The number of thiophene rings is 2. The summed E-state index contributed by atoms with van der Waals surface area (Å²) in [5, 5.41) is 4.01. The number of amides is 2. The van der Waals surface area contributed by atoms with E-state index in [1.54, 1.807) is 9.80 Å². The van der Waals surface area contributed by atoms with Crippen molar-refractivity contribution in [3.05, 3.63) is 10.8 Å². The largest absolute Gasteiger partial charge is 0.443 e. The summed E-state index contributed by atoms with van der Waals surface area (Å²) in [5.41, 5.74) is 0.288. The second-order valence-corrected chi connectivity index (χ2v) is 16.0. The molecule has 0 saturated carbocycles. The van der Waals surface area contributed by atoms with Gasteiger partial charge in [0.25, 0.3) is 0 Å². The fourth-order valence-corrected chi connectivity index (χ4v) is 7.51. The zero-order chi connectivity index (χ0) is 35.0. The number of unbranched alkanes of at least 4 members (excludes halogenated alkanes) is 6. The standard InChI is InChI=1S/C39H56N2O4S2/c1-11-14-17-20-23-30(4)26-40(36(42)44-38(5,6)7)32-28-46-35-33(29-47-34(32)35)41(37(43)45-39(8,9)10)27-31(24-21-18-15-12-2)25-22-19-16-13-3/h2,28-31H,11,13-14,16-17,19-20,22-23,25-27H2,1,3-10H3. The molecule has 2 aromatic heterocycles. The second-order valence-electron chi connectivity index (χ2n) is 14.2. The summed E-state index contributed by atoms with van der Waals surface area (Å²) in [6.07, 6.45) is 15.5. The van der Waals surface area contributed by atoms with Crippen molar-refractivity contribution in [3.63, 3.8) is 0 Å². The van der Waals surface area contributed by atoms with E-state index in [0.29, 0.717) is 19.0 Å². The average molecular weight is 681 g/mol. The molecular weight excluding hydrogens is 625 g/mol. The number of hydrogen-bond acceptors (Lipinski definition) is 6. The maximum absolute atomic E-state index is 13.8. The van der Waals surface area contributed by atoms with Crippen LogP contribution in [0.3, 0.4) is 0 Å². The first-order chi connectivity index (χ1) is 22.2. The molecule has 2 atom stereocenters. The van der Waals surface area contributed by atoms with Crippen molar-refractivity contribution >= 4 is 55.6 Å². The van der Waals surface area contributed by atoms with E-state index in [0.717, 1.165) is 65.7 Å². The molecule has 2 aromatic rings. The quantitative estimate of drug-likeness (QED) is 0.131. The Morgan fingerprint density at radius 2 is 1.23 bits per heavy atom. The van der Waals surface area contributed by atoms with Gasteiger partial charge >= 0.3 is 12.2 Å². The molecule has 2 heterocycles. The topological polar surface area (TPSA) is 59.1 Å². The Morgan fingerprint density at radius 3 is 1.70 bits per heavy atom. The van der Waals surface area contributed by atoms with Crippen molar-refractivity contribution in [2.75, 3.05) is 22.9 Å². The van der Waals surface area contributed by atoms with Crippen molar-refractivity contribution in [1.29, 1.82) is 0 Å². The Labute approximate surface area is 293 Å².